The van der Waals surface area contributed by atoms with Gasteiger partial charge in [0.1, 0.15) is 0 Å². The van der Waals surface area contributed by atoms with E-state index in [1.165, 1.54) is 4.31 Å². The zero-order chi connectivity index (χ0) is 21.4. The van der Waals surface area contributed by atoms with E-state index in [-0.39, 0.29) is 16.7 Å². The third-order valence-electron chi connectivity index (χ3n) is 6.24. The maximum atomic E-state index is 13.1. The van der Waals surface area contributed by atoms with Crippen LogP contribution in [-0.4, -0.2) is 73.1 Å². The first-order valence-corrected chi connectivity index (χ1v) is 12.3. The summed E-state index contributed by atoms with van der Waals surface area (Å²) in [6.45, 7) is 3.07. The second kappa shape index (κ2) is 8.33. The number of amides is 1. The number of hydrogen-bond donors (Lipinski definition) is 0. The zero-order valence-corrected chi connectivity index (χ0v) is 18.1. The van der Waals surface area contributed by atoms with E-state index in [0.29, 0.717) is 69.9 Å². The summed E-state index contributed by atoms with van der Waals surface area (Å²) in [7, 11) is -3.61. The summed E-state index contributed by atoms with van der Waals surface area (Å²) in [6, 6.07) is 6.60. The highest BCUT2D eigenvalue weighted by Crippen LogP contribution is 2.39. The Morgan fingerprint density at radius 1 is 0.968 bits per heavy atom. The number of hydrogen-bond acceptors (Lipinski definition) is 7. The molecule has 0 N–H and O–H groups in total. The van der Waals surface area contributed by atoms with Crippen LogP contribution in [0.25, 0.3) is 11.4 Å². The fourth-order valence-electron chi connectivity index (χ4n) is 4.16. The molecular formula is C21H26N4O5S. The van der Waals surface area contributed by atoms with E-state index in [1.54, 1.807) is 24.3 Å². The predicted molar refractivity (Wildman–Crippen MR) is 111 cm³/mol. The van der Waals surface area contributed by atoms with E-state index < -0.39 is 10.0 Å². The Morgan fingerprint density at radius 2 is 1.65 bits per heavy atom. The summed E-state index contributed by atoms with van der Waals surface area (Å²) in [4.78, 5) is 19.2. The average molecular weight is 447 g/mol. The van der Waals surface area contributed by atoms with Gasteiger partial charge in [0.05, 0.1) is 18.1 Å². The van der Waals surface area contributed by atoms with Crippen molar-refractivity contribution in [3.63, 3.8) is 0 Å². The van der Waals surface area contributed by atoms with Gasteiger partial charge in [-0.2, -0.15) is 9.29 Å². The SMILES string of the molecule is O=C(C1CCN(S(=O)(=O)c2ccc(-c3noc(C4CC4)n3)cc2)CC1)N1CCOCC1. The van der Waals surface area contributed by atoms with E-state index in [2.05, 4.69) is 10.1 Å². The minimum Gasteiger partial charge on any atom is -0.378 e. The van der Waals surface area contributed by atoms with Crippen LogP contribution in [0.3, 0.4) is 0 Å². The first kappa shape index (κ1) is 20.6. The van der Waals surface area contributed by atoms with Crippen LogP contribution in [0, 0.1) is 5.92 Å². The second-order valence-corrected chi connectivity index (χ2v) is 10.3. The van der Waals surface area contributed by atoms with Gasteiger partial charge in [-0.15, -0.1) is 0 Å². The quantitative estimate of drug-likeness (QED) is 0.690. The van der Waals surface area contributed by atoms with Crippen molar-refractivity contribution in [2.75, 3.05) is 39.4 Å². The van der Waals surface area contributed by atoms with E-state index in [1.807, 2.05) is 4.90 Å². The molecule has 3 heterocycles. The number of ether oxygens (including phenoxy) is 1. The lowest BCUT2D eigenvalue weighted by Crippen LogP contribution is -2.47. The Morgan fingerprint density at radius 3 is 2.29 bits per heavy atom. The number of carbonyl (C=O) groups is 1. The molecule has 31 heavy (non-hydrogen) atoms. The number of benzene rings is 1. The van der Waals surface area contributed by atoms with Crippen LogP contribution in [0.15, 0.2) is 33.7 Å². The molecule has 0 atom stereocenters. The molecule has 0 bridgehead atoms. The van der Waals surface area contributed by atoms with Gasteiger partial charge in [-0.25, -0.2) is 8.42 Å². The van der Waals surface area contributed by atoms with Gasteiger partial charge in [0.15, 0.2) is 0 Å². The first-order valence-electron chi connectivity index (χ1n) is 10.8. The van der Waals surface area contributed by atoms with Gasteiger partial charge < -0.3 is 14.2 Å². The summed E-state index contributed by atoms with van der Waals surface area (Å²) >= 11 is 0. The monoisotopic (exact) mass is 446 g/mol. The minimum atomic E-state index is -3.61. The normalized spacial score (nSPS) is 21.4. The van der Waals surface area contributed by atoms with Crippen molar-refractivity contribution in [1.29, 1.82) is 0 Å². The van der Waals surface area contributed by atoms with E-state index >= 15 is 0 Å². The zero-order valence-electron chi connectivity index (χ0n) is 17.3. The molecule has 3 fully saturated rings. The Bertz CT molecular complexity index is 1030. The molecule has 10 heteroatoms. The highest BCUT2D eigenvalue weighted by atomic mass is 32.2. The summed E-state index contributed by atoms with van der Waals surface area (Å²) in [6.07, 6.45) is 3.24. The second-order valence-electron chi connectivity index (χ2n) is 8.37. The summed E-state index contributed by atoms with van der Waals surface area (Å²) in [5.74, 6) is 1.51. The highest BCUT2D eigenvalue weighted by Gasteiger charge is 2.34. The van der Waals surface area contributed by atoms with Gasteiger partial charge >= 0.3 is 0 Å². The molecule has 166 valence electrons. The predicted octanol–water partition coefficient (Wildman–Crippen LogP) is 1.87. The van der Waals surface area contributed by atoms with Crippen molar-refractivity contribution < 1.29 is 22.5 Å². The van der Waals surface area contributed by atoms with Gasteiger partial charge in [-0.1, -0.05) is 5.16 Å². The van der Waals surface area contributed by atoms with Gasteiger partial charge in [-0.05, 0) is 49.9 Å². The number of rotatable bonds is 5. The molecule has 1 amide bonds. The minimum absolute atomic E-state index is 0.120. The van der Waals surface area contributed by atoms with Crippen LogP contribution < -0.4 is 0 Å². The molecule has 2 aromatic rings. The number of aromatic nitrogens is 2. The first-order chi connectivity index (χ1) is 15.0. The van der Waals surface area contributed by atoms with E-state index in [4.69, 9.17) is 9.26 Å². The molecule has 1 saturated carbocycles. The standard InChI is InChI=1S/C21H26N4O5S/c26-21(24-11-13-29-14-12-24)17-7-9-25(10-8-17)31(27,28)18-5-3-15(4-6-18)19-22-20(30-23-19)16-1-2-16/h3-6,16-17H,1-2,7-14H2. The lowest BCUT2D eigenvalue weighted by molar-refractivity contribution is -0.140. The van der Waals surface area contributed by atoms with Crippen LogP contribution >= 0.6 is 0 Å². The maximum Gasteiger partial charge on any atom is 0.243 e. The topological polar surface area (TPSA) is 106 Å². The Labute approximate surface area is 181 Å². The molecule has 2 saturated heterocycles. The largest absolute Gasteiger partial charge is 0.378 e. The molecule has 0 radical (unpaired) electrons. The summed E-state index contributed by atoms with van der Waals surface area (Å²) in [5, 5.41) is 4.00. The number of carbonyl (C=O) groups excluding carboxylic acids is 1. The molecule has 0 spiro atoms. The third-order valence-corrected chi connectivity index (χ3v) is 8.16. The van der Waals surface area contributed by atoms with Crippen LogP contribution in [0.5, 0.6) is 0 Å². The van der Waals surface area contributed by atoms with Crippen LogP contribution in [0.4, 0.5) is 0 Å². The van der Waals surface area contributed by atoms with E-state index in [9.17, 15) is 13.2 Å². The molecule has 3 aliphatic rings. The van der Waals surface area contributed by atoms with Gasteiger partial charge in [0.25, 0.3) is 0 Å². The van der Waals surface area contributed by atoms with Crippen LogP contribution in [-0.2, 0) is 19.6 Å². The van der Waals surface area contributed by atoms with Crippen molar-refractivity contribution >= 4 is 15.9 Å². The van der Waals surface area contributed by atoms with Crippen molar-refractivity contribution in [2.45, 2.75) is 36.5 Å². The molecule has 2 aliphatic heterocycles. The van der Waals surface area contributed by atoms with Crippen LogP contribution in [0.1, 0.15) is 37.5 Å². The molecular weight excluding hydrogens is 420 g/mol. The van der Waals surface area contributed by atoms with E-state index in [0.717, 1.165) is 18.4 Å². The van der Waals surface area contributed by atoms with Gasteiger partial charge in [-0.3, -0.25) is 4.79 Å². The smallest absolute Gasteiger partial charge is 0.243 e. The lowest BCUT2D eigenvalue weighted by atomic mass is 9.96. The van der Waals surface area contributed by atoms with Crippen molar-refractivity contribution in [1.82, 2.24) is 19.3 Å². The molecule has 0 unspecified atom stereocenters. The number of sulfonamides is 1. The van der Waals surface area contributed by atoms with Crippen molar-refractivity contribution in [3.8, 4) is 11.4 Å². The fraction of sp³-hybridized carbons (Fsp3) is 0.571. The lowest BCUT2D eigenvalue weighted by Gasteiger charge is -2.35. The number of morpholine rings is 1. The van der Waals surface area contributed by atoms with Crippen molar-refractivity contribution in [2.24, 2.45) is 5.92 Å². The number of piperidine rings is 1. The number of nitrogens with zero attached hydrogens (tertiary/aromatic N) is 4. The molecule has 1 aliphatic carbocycles. The highest BCUT2D eigenvalue weighted by molar-refractivity contribution is 7.89. The third kappa shape index (κ3) is 4.24. The van der Waals surface area contributed by atoms with Gasteiger partial charge in [0, 0.05) is 43.6 Å². The van der Waals surface area contributed by atoms with Crippen LogP contribution in [0.2, 0.25) is 0 Å². The molecule has 5 rings (SSSR count). The van der Waals surface area contributed by atoms with Crippen molar-refractivity contribution in [3.05, 3.63) is 30.2 Å². The Balaban J connectivity index is 1.22. The summed E-state index contributed by atoms with van der Waals surface area (Å²) < 4.78 is 38.2. The Hall–Kier alpha value is -2.30. The fourth-order valence-corrected chi connectivity index (χ4v) is 5.63. The Kier molecular flexibility index (Phi) is 5.53. The molecule has 1 aromatic carbocycles. The maximum absolute atomic E-state index is 13.1. The van der Waals surface area contributed by atoms with Gasteiger partial charge in [0.2, 0.25) is 27.6 Å². The average Bonchev–Trinajstić information content (AvgIpc) is 3.56. The molecule has 1 aromatic heterocycles. The molecule has 9 nitrogen and oxygen atoms in total. The summed E-state index contributed by atoms with van der Waals surface area (Å²) in [5.41, 5.74) is 0.726.